The number of carbonyl (C=O) groups is 1. The quantitative estimate of drug-likeness (QED) is 0.799. The van der Waals surface area contributed by atoms with Gasteiger partial charge in [-0.25, -0.2) is 4.98 Å². The van der Waals surface area contributed by atoms with Crippen molar-refractivity contribution in [3.05, 3.63) is 36.0 Å². The van der Waals surface area contributed by atoms with Gasteiger partial charge in [-0.2, -0.15) is 0 Å². The molecule has 1 amide bonds. The Labute approximate surface area is 165 Å². The summed E-state index contributed by atoms with van der Waals surface area (Å²) in [4.78, 5) is 23.1. The first-order valence-electron chi connectivity index (χ1n) is 9.87. The van der Waals surface area contributed by atoms with E-state index < -0.39 is 0 Å². The van der Waals surface area contributed by atoms with E-state index in [1.54, 1.807) is 25.4 Å². The van der Waals surface area contributed by atoms with Crippen molar-refractivity contribution in [1.29, 1.82) is 0 Å². The molecule has 2 saturated heterocycles. The van der Waals surface area contributed by atoms with Crippen LogP contribution in [0.15, 0.2) is 30.5 Å². The summed E-state index contributed by atoms with van der Waals surface area (Å²) in [7, 11) is 1.56. The van der Waals surface area contributed by atoms with E-state index in [0.717, 1.165) is 37.8 Å². The smallest absolute Gasteiger partial charge is 0.255 e. The van der Waals surface area contributed by atoms with Crippen molar-refractivity contribution in [3.63, 3.8) is 0 Å². The zero-order chi connectivity index (χ0) is 19.3. The number of rotatable bonds is 4. The number of pyridine rings is 1. The lowest BCUT2D eigenvalue weighted by atomic mass is 10.1. The van der Waals surface area contributed by atoms with E-state index in [9.17, 15) is 4.79 Å². The SMILES string of the molecule is COc1ccc(C(=O)N2CCN(c3ccc(N4CCCCC4)nn3)CC2)cn1. The number of hydrogen-bond acceptors (Lipinski definition) is 7. The Balaban J connectivity index is 1.33. The number of methoxy groups -OCH3 is 1. The third kappa shape index (κ3) is 4.00. The van der Waals surface area contributed by atoms with E-state index >= 15 is 0 Å². The van der Waals surface area contributed by atoms with Crippen LogP contribution in [0.1, 0.15) is 29.6 Å². The normalized spacial score (nSPS) is 17.5. The van der Waals surface area contributed by atoms with Crippen LogP contribution >= 0.6 is 0 Å². The second-order valence-corrected chi connectivity index (χ2v) is 7.17. The lowest BCUT2D eigenvalue weighted by Gasteiger charge is -2.35. The summed E-state index contributed by atoms with van der Waals surface area (Å²) in [6.45, 7) is 4.92. The number of anilines is 2. The number of piperidine rings is 1. The Hall–Kier alpha value is -2.90. The molecular formula is C20H26N6O2. The second kappa shape index (κ2) is 8.41. The molecule has 0 aromatic carbocycles. The predicted molar refractivity (Wildman–Crippen MR) is 107 cm³/mol. The molecule has 2 aliphatic heterocycles. The topological polar surface area (TPSA) is 74.7 Å². The molecule has 0 bridgehead atoms. The summed E-state index contributed by atoms with van der Waals surface area (Å²) in [6.07, 6.45) is 5.32. The van der Waals surface area contributed by atoms with Gasteiger partial charge in [0.1, 0.15) is 0 Å². The molecule has 4 heterocycles. The van der Waals surface area contributed by atoms with Gasteiger partial charge in [0.15, 0.2) is 11.6 Å². The van der Waals surface area contributed by atoms with E-state index in [2.05, 4.69) is 31.0 Å². The summed E-state index contributed by atoms with van der Waals surface area (Å²) >= 11 is 0. The summed E-state index contributed by atoms with van der Waals surface area (Å²) < 4.78 is 5.05. The lowest BCUT2D eigenvalue weighted by molar-refractivity contribution is 0.0746. The number of hydrogen-bond donors (Lipinski definition) is 0. The summed E-state index contributed by atoms with van der Waals surface area (Å²) in [5.41, 5.74) is 0.583. The summed E-state index contributed by atoms with van der Waals surface area (Å²) in [6, 6.07) is 7.57. The molecule has 28 heavy (non-hydrogen) atoms. The fourth-order valence-electron chi connectivity index (χ4n) is 3.73. The Morgan fingerprint density at radius 3 is 2.04 bits per heavy atom. The zero-order valence-electron chi connectivity index (χ0n) is 16.3. The van der Waals surface area contributed by atoms with E-state index in [1.807, 2.05) is 11.0 Å². The molecule has 0 spiro atoms. The van der Waals surface area contributed by atoms with Crippen LogP contribution in [-0.4, -0.2) is 72.4 Å². The van der Waals surface area contributed by atoms with E-state index in [-0.39, 0.29) is 5.91 Å². The van der Waals surface area contributed by atoms with Crippen molar-refractivity contribution in [3.8, 4) is 5.88 Å². The zero-order valence-corrected chi connectivity index (χ0v) is 16.3. The van der Waals surface area contributed by atoms with Crippen molar-refractivity contribution >= 4 is 17.5 Å². The number of ether oxygens (including phenoxy) is 1. The maximum atomic E-state index is 12.7. The first-order chi connectivity index (χ1) is 13.7. The van der Waals surface area contributed by atoms with E-state index in [0.29, 0.717) is 24.5 Å². The van der Waals surface area contributed by atoms with Gasteiger partial charge in [0.2, 0.25) is 5.88 Å². The number of aromatic nitrogens is 3. The van der Waals surface area contributed by atoms with Crippen LogP contribution in [0.3, 0.4) is 0 Å². The number of piperazine rings is 1. The molecule has 0 radical (unpaired) electrons. The van der Waals surface area contributed by atoms with Gasteiger partial charge in [-0.15, -0.1) is 10.2 Å². The van der Waals surface area contributed by atoms with Crippen LogP contribution in [0.4, 0.5) is 11.6 Å². The summed E-state index contributed by atoms with van der Waals surface area (Å²) in [5.74, 6) is 2.34. The van der Waals surface area contributed by atoms with Crippen molar-refractivity contribution in [2.24, 2.45) is 0 Å². The fraction of sp³-hybridized carbons (Fsp3) is 0.500. The number of nitrogens with zero attached hydrogens (tertiary/aromatic N) is 6. The highest BCUT2D eigenvalue weighted by Crippen LogP contribution is 2.20. The van der Waals surface area contributed by atoms with Crippen molar-refractivity contribution in [1.82, 2.24) is 20.1 Å². The average Bonchev–Trinajstić information content (AvgIpc) is 2.79. The van der Waals surface area contributed by atoms with Gasteiger partial charge < -0.3 is 19.4 Å². The molecule has 4 rings (SSSR count). The average molecular weight is 382 g/mol. The van der Waals surface area contributed by atoms with Crippen molar-refractivity contribution in [2.75, 3.05) is 56.2 Å². The maximum absolute atomic E-state index is 12.7. The highest BCUT2D eigenvalue weighted by atomic mass is 16.5. The van der Waals surface area contributed by atoms with Crippen LogP contribution in [0, 0.1) is 0 Å². The van der Waals surface area contributed by atoms with Gasteiger partial charge in [-0.05, 0) is 37.5 Å². The number of amides is 1. The van der Waals surface area contributed by atoms with Crippen LogP contribution in [-0.2, 0) is 0 Å². The Bertz CT molecular complexity index is 781. The molecule has 148 valence electrons. The Morgan fingerprint density at radius 1 is 0.857 bits per heavy atom. The third-order valence-electron chi connectivity index (χ3n) is 5.40. The minimum Gasteiger partial charge on any atom is -0.481 e. The first-order valence-corrected chi connectivity index (χ1v) is 9.87. The molecule has 2 aliphatic rings. The largest absolute Gasteiger partial charge is 0.481 e. The monoisotopic (exact) mass is 382 g/mol. The maximum Gasteiger partial charge on any atom is 0.255 e. The van der Waals surface area contributed by atoms with Gasteiger partial charge >= 0.3 is 0 Å². The highest BCUT2D eigenvalue weighted by molar-refractivity contribution is 5.94. The molecule has 8 nitrogen and oxygen atoms in total. The van der Waals surface area contributed by atoms with Crippen LogP contribution in [0.2, 0.25) is 0 Å². The minimum absolute atomic E-state index is 0.00123. The molecular weight excluding hydrogens is 356 g/mol. The lowest BCUT2D eigenvalue weighted by Crippen LogP contribution is -2.49. The van der Waals surface area contributed by atoms with Gasteiger partial charge in [0.25, 0.3) is 5.91 Å². The first kappa shape index (κ1) is 18.5. The molecule has 0 aliphatic carbocycles. The molecule has 0 saturated carbocycles. The third-order valence-corrected chi connectivity index (χ3v) is 5.40. The predicted octanol–water partition coefficient (Wildman–Crippen LogP) is 1.83. The highest BCUT2D eigenvalue weighted by Gasteiger charge is 2.23. The Morgan fingerprint density at radius 2 is 1.50 bits per heavy atom. The Kier molecular flexibility index (Phi) is 5.55. The van der Waals surface area contributed by atoms with Crippen LogP contribution in [0.25, 0.3) is 0 Å². The second-order valence-electron chi connectivity index (χ2n) is 7.17. The molecule has 2 fully saturated rings. The van der Waals surface area contributed by atoms with Gasteiger partial charge in [0, 0.05) is 51.5 Å². The van der Waals surface area contributed by atoms with Gasteiger partial charge in [0.05, 0.1) is 12.7 Å². The number of carbonyl (C=O) groups excluding carboxylic acids is 1. The van der Waals surface area contributed by atoms with Crippen molar-refractivity contribution in [2.45, 2.75) is 19.3 Å². The van der Waals surface area contributed by atoms with Crippen LogP contribution in [0.5, 0.6) is 5.88 Å². The standard InChI is InChI=1S/C20H26N6O2/c1-28-19-8-5-16(15-21-19)20(27)26-13-11-25(12-14-26)18-7-6-17(22-23-18)24-9-3-2-4-10-24/h5-8,15H,2-4,9-14H2,1H3. The molecule has 0 atom stereocenters. The van der Waals surface area contributed by atoms with Crippen molar-refractivity contribution < 1.29 is 9.53 Å². The fourth-order valence-corrected chi connectivity index (χ4v) is 3.73. The molecule has 0 N–H and O–H groups in total. The minimum atomic E-state index is 0.00123. The van der Waals surface area contributed by atoms with Gasteiger partial charge in [-0.1, -0.05) is 0 Å². The molecule has 0 unspecified atom stereocenters. The van der Waals surface area contributed by atoms with E-state index in [1.165, 1.54) is 19.3 Å². The molecule has 8 heteroatoms. The summed E-state index contributed by atoms with van der Waals surface area (Å²) in [5, 5.41) is 8.86. The van der Waals surface area contributed by atoms with E-state index in [4.69, 9.17) is 4.74 Å². The van der Waals surface area contributed by atoms with Crippen LogP contribution < -0.4 is 14.5 Å². The molecule has 2 aromatic heterocycles. The van der Waals surface area contributed by atoms with Gasteiger partial charge in [-0.3, -0.25) is 4.79 Å². The molecule has 2 aromatic rings.